The van der Waals surface area contributed by atoms with Crippen LogP contribution in [0.3, 0.4) is 0 Å². The average molecular weight is 244 g/mol. The standard InChI is InChI=1S/C14H16N2O2/c1-9-5-11(6-10(2)14(9)18-4)13-12(8-17)7-15-16(13)3/h5-8H,1-4H3. The van der Waals surface area contributed by atoms with Crippen molar-refractivity contribution in [1.82, 2.24) is 9.78 Å². The van der Waals surface area contributed by atoms with Crippen LogP contribution in [0.4, 0.5) is 0 Å². The van der Waals surface area contributed by atoms with E-state index in [-0.39, 0.29) is 0 Å². The van der Waals surface area contributed by atoms with Crippen LogP contribution in [-0.2, 0) is 7.05 Å². The molecule has 0 bridgehead atoms. The van der Waals surface area contributed by atoms with Crippen molar-refractivity contribution in [2.75, 3.05) is 7.11 Å². The maximum Gasteiger partial charge on any atom is 0.153 e. The Morgan fingerprint density at radius 1 is 1.28 bits per heavy atom. The van der Waals surface area contributed by atoms with Crippen molar-refractivity contribution >= 4 is 6.29 Å². The number of hydrogen-bond donors (Lipinski definition) is 0. The molecular formula is C14H16N2O2. The first-order valence-corrected chi connectivity index (χ1v) is 5.71. The van der Waals surface area contributed by atoms with E-state index in [1.807, 2.05) is 33.0 Å². The average Bonchev–Trinajstić information content (AvgIpc) is 2.70. The first kappa shape index (κ1) is 12.4. The number of hydrogen-bond acceptors (Lipinski definition) is 3. The second-order valence-corrected chi connectivity index (χ2v) is 4.33. The quantitative estimate of drug-likeness (QED) is 0.779. The van der Waals surface area contributed by atoms with Gasteiger partial charge in [0.15, 0.2) is 6.29 Å². The minimum atomic E-state index is 0.599. The summed E-state index contributed by atoms with van der Waals surface area (Å²) >= 11 is 0. The summed E-state index contributed by atoms with van der Waals surface area (Å²) in [6.45, 7) is 3.98. The van der Waals surface area contributed by atoms with Crippen LogP contribution in [0.5, 0.6) is 5.75 Å². The number of benzene rings is 1. The van der Waals surface area contributed by atoms with Gasteiger partial charge in [-0.25, -0.2) is 0 Å². The van der Waals surface area contributed by atoms with Gasteiger partial charge in [-0.05, 0) is 37.1 Å². The van der Waals surface area contributed by atoms with E-state index in [1.165, 1.54) is 0 Å². The van der Waals surface area contributed by atoms with Crippen LogP contribution in [0.25, 0.3) is 11.3 Å². The molecule has 18 heavy (non-hydrogen) atoms. The summed E-state index contributed by atoms with van der Waals surface area (Å²) in [5, 5.41) is 4.12. The maximum absolute atomic E-state index is 11.0. The topological polar surface area (TPSA) is 44.1 Å². The van der Waals surface area contributed by atoms with E-state index < -0.39 is 0 Å². The van der Waals surface area contributed by atoms with Gasteiger partial charge in [0.2, 0.25) is 0 Å². The highest BCUT2D eigenvalue weighted by atomic mass is 16.5. The molecule has 2 aromatic rings. The van der Waals surface area contributed by atoms with Gasteiger partial charge in [-0.15, -0.1) is 0 Å². The molecule has 0 N–H and O–H groups in total. The SMILES string of the molecule is COc1c(C)cc(-c2c(C=O)cnn2C)cc1C. The number of nitrogens with zero attached hydrogens (tertiary/aromatic N) is 2. The second kappa shape index (κ2) is 4.64. The zero-order valence-electron chi connectivity index (χ0n) is 11.0. The lowest BCUT2D eigenvalue weighted by molar-refractivity contribution is 0.112. The third-order valence-corrected chi connectivity index (χ3v) is 3.03. The molecule has 1 heterocycles. The zero-order chi connectivity index (χ0) is 13.3. The minimum absolute atomic E-state index is 0.599. The van der Waals surface area contributed by atoms with Crippen LogP contribution >= 0.6 is 0 Å². The molecule has 0 aliphatic carbocycles. The van der Waals surface area contributed by atoms with Crippen molar-refractivity contribution in [2.45, 2.75) is 13.8 Å². The van der Waals surface area contributed by atoms with E-state index in [2.05, 4.69) is 5.10 Å². The predicted molar refractivity (Wildman–Crippen MR) is 70.1 cm³/mol. The van der Waals surface area contributed by atoms with E-state index in [1.54, 1.807) is 18.0 Å². The van der Waals surface area contributed by atoms with Gasteiger partial charge >= 0.3 is 0 Å². The first-order chi connectivity index (χ1) is 8.58. The first-order valence-electron chi connectivity index (χ1n) is 5.71. The molecule has 0 saturated carbocycles. The molecule has 0 saturated heterocycles. The summed E-state index contributed by atoms with van der Waals surface area (Å²) in [5.41, 5.74) is 4.50. The number of methoxy groups -OCH3 is 1. The fourth-order valence-corrected chi connectivity index (χ4v) is 2.30. The van der Waals surface area contributed by atoms with Crippen LogP contribution in [0.2, 0.25) is 0 Å². The van der Waals surface area contributed by atoms with Crippen molar-refractivity contribution in [1.29, 1.82) is 0 Å². The molecule has 2 rings (SSSR count). The number of rotatable bonds is 3. The Morgan fingerprint density at radius 3 is 2.39 bits per heavy atom. The van der Waals surface area contributed by atoms with Crippen LogP contribution < -0.4 is 4.74 Å². The molecule has 94 valence electrons. The zero-order valence-corrected chi connectivity index (χ0v) is 11.0. The monoisotopic (exact) mass is 244 g/mol. The highest BCUT2D eigenvalue weighted by molar-refractivity contribution is 5.86. The van der Waals surface area contributed by atoms with Gasteiger partial charge in [-0.1, -0.05) is 0 Å². The lowest BCUT2D eigenvalue weighted by Gasteiger charge is -2.12. The minimum Gasteiger partial charge on any atom is -0.496 e. The Hall–Kier alpha value is -2.10. The molecule has 0 fully saturated rings. The van der Waals surface area contributed by atoms with Gasteiger partial charge in [0, 0.05) is 12.6 Å². The van der Waals surface area contributed by atoms with E-state index in [9.17, 15) is 4.79 Å². The molecule has 0 aliphatic heterocycles. The number of aryl methyl sites for hydroxylation is 3. The van der Waals surface area contributed by atoms with Crippen LogP contribution in [-0.4, -0.2) is 23.2 Å². The van der Waals surface area contributed by atoms with E-state index >= 15 is 0 Å². The van der Waals surface area contributed by atoms with Gasteiger partial charge < -0.3 is 4.74 Å². The Kier molecular flexibility index (Phi) is 3.19. The fraction of sp³-hybridized carbons (Fsp3) is 0.286. The van der Waals surface area contributed by atoms with Crippen LogP contribution in [0, 0.1) is 13.8 Å². The fourth-order valence-electron chi connectivity index (χ4n) is 2.30. The Morgan fingerprint density at radius 2 is 1.89 bits per heavy atom. The molecule has 0 amide bonds. The number of carbonyl (C=O) groups is 1. The summed E-state index contributed by atoms with van der Waals surface area (Å²) in [6.07, 6.45) is 2.41. The van der Waals surface area contributed by atoms with E-state index in [0.29, 0.717) is 5.56 Å². The molecule has 4 heteroatoms. The van der Waals surface area contributed by atoms with Gasteiger partial charge in [-0.2, -0.15) is 5.10 Å². The van der Waals surface area contributed by atoms with E-state index in [4.69, 9.17) is 4.74 Å². The second-order valence-electron chi connectivity index (χ2n) is 4.33. The van der Waals surface area contributed by atoms with Crippen molar-refractivity contribution < 1.29 is 9.53 Å². The molecule has 0 spiro atoms. The molecule has 0 unspecified atom stereocenters. The smallest absolute Gasteiger partial charge is 0.153 e. The normalized spacial score (nSPS) is 10.4. The number of aldehydes is 1. The van der Waals surface area contributed by atoms with Crippen molar-refractivity contribution in [2.24, 2.45) is 7.05 Å². The third kappa shape index (κ3) is 1.90. The summed E-state index contributed by atoms with van der Waals surface area (Å²) in [6, 6.07) is 4.02. The number of aromatic nitrogens is 2. The highest BCUT2D eigenvalue weighted by Gasteiger charge is 2.13. The molecule has 1 aromatic heterocycles. The summed E-state index contributed by atoms with van der Waals surface area (Å²) in [5.74, 6) is 0.883. The van der Waals surface area contributed by atoms with E-state index in [0.717, 1.165) is 34.4 Å². The Bertz CT molecular complexity index is 577. The lowest BCUT2D eigenvalue weighted by Crippen LogP contribution is -1.98. The van der Waals surface area contributed by atoms with Crippen LogP contribution in [0.15, 0.2) is 18.3 Å². The summed E-state index contributed by atoms with van der Waals surface area (Å²) in [4.78, 5) is 11.0. The third-order valence-electron chi connectivity index (χ3n) is 3.03. The maximum atomic E-state index is 11.0. The molecular weight excluding hydrogens is 228 g/mol. The molecule has 1 aromatic carbocycles. The predicted octanol–water partition coefficient (Wildman–Crippen LogP) is 2.53. The molecule has 0 aliphatic rings. The highest BCUT2D eigenvalue weighted by Crippen LogP contribution is 2.30. The summed E-state index contributed by atoms with van der Waals surface area (Å²) in [7, 11) is 3.49. The van der Waals surface area contributed by atoms with Crippen LogP contribution in [0.1, 0.15) is 21.5 Å². The summed E-state index contributed by atoms with van der Waals surface area (Å²) < 4.78 is 7.06. The van der Waals surface area contributed by atoms with Crippen molar-refractivity contribution in [3.8, 4) is 17.0 Å². The lowest BCUT2D eigenvalue weighted by atomic mass is 10.0. The van der Waals surface area contributed by atoms with Gasteiger partial charge in [0.1, 0.15) is 5.75 Å². The molecule has 4 nitrogen and oxygen atoms in total. The van der Waals surface area contributed by atoms with Gasteiger partial charge in [0.25, 0.3) is 0 Å². The Balaban J connectivity index is 2.65. The Labute approximate surface area is 106 Å². The largest absolute Gasteiger partial charge is 0.496 e. The number of carbonyl (C=O) groups excluding carboxylic acids is 1. The van der Waals surface area contributed by atoms with Crippen molar-refractivity contribution in [3.63, 3.8) is 0 Å². The van der Waals surface area contributed by atoms with Gasteiger partial charge in [-0.3, -0.25) is 9.48 Å². The van der Waals surface area contributed by atoms with Crippen molar-refractivity contribution in [3.05, 3.63) is 35.0 Å². The molecule has 0 radical (unpaired) electrons. The number of ether oxygens (including phenoxy) is 1. The molecule has 0 atom stereocenters. The van der Waals surface area contributed by atoms with Gasteiger partial charge in [0.05, 0.1) is 24.6 Å².